The summed E-state index contributed by atoms with van der Waals surface area (Å²) >= 11 is 0. The number of hydrogen-bond acceptors (Lipinski definition) is 2. The van der Waals surface area contributed by atoms with Crippen LogP contribution in [0.2, 0.25) is 0 Å². The third kappa shape index (κ3) is 7.50. The molecule has 0 bridgehead atoms. The summed E-state index contributed by atoms with van der Waals surface area (Å²) in [5.41, 5.74) is 4.67. The molecule has 0 saturated heterocycles. The fourth-order valence-electron chi connectivity index (χ4n) is 4.18. The Kier molecular flexibility index (Phi) is 9.57. The smallest absolute Gasteiger partial charge is 0.0468 e. The third-order valence-electron chi connectivity index (χ3n) is 5.77. The molecule has 0 aromatic rings. The molecule has 1 atom stereocenters. The number of allylic oxidation sites excluding steroid dienone is 3. The highest BCUT2D eigenvalue weighted by Crippen LogP contribution is 2.33. The van der Waals surface area contributed by atoms with Crippen LogP contribution in [-0.4, -0.2) is 26.2 Å². The molecule has 1 saturated carbocycles. The largest absolute Gasteiger partial charge is 0.316 e. The van der Waals surface area contributed by atoms with Crippen LogP contribution in [0.1, 0.15) is 78.1 Å². The van der Waals surface area contributed by atoms with Crippen molar-refractivity contribution in [1.82, 2.24) is 10.6 Å². The second-order valence-corrected chi connectivity index (χ2v) is 8.02. The minimum atomic E-state index is 0.405. The van der Waals surface area contributed by atoms with Crippen LogP contribution in [0.15, 0.2) is 34.9 Å². The Balaban J connectivity index is 1.86. The van der Waals surface area contributed by atoms with E-state index in [4.69, 9.17) is 0 Å². The Morgan fingerprint density at radius 3 is 2.80 bits per heavy atom. The van der Waals surface area contributed by atoms with Crippen LogP contribution in [0.4, 0.5) is 0 Å². The molecular formula is C23H40N2. The summed E-state index contributed by atoms with van der Waals surface area (Å²) in [7, 11) is 2.10. The molecule has 25 heavy (non-hydrogen) atoms. The van der Waals surface area contributed by atoms with Crippen molar-refractivity contribution < 1.29 is 0 Å². The number of nitrogens with one attached hydrogen (secondary N) is 2. The fraction of sp³-hybridized carbons (Fsp3) is 0.739. The van der Waals surface area contributed by atoms with Crippen LogP contribution in [0, 0.1) is 5.92 Å². The summed E-state index contributed by atoms with van der Waals surface area (Å²) in [6.07, 6.45) is 20.7. The van der Waals surface area contributed by atoms with Gasteiger partial charge in [0.15, 0.2) is 0 Å². The van der Waals surface area contributed by atoms with Crippen LogP contribution in [-0.2, 0) is 0 Å². The van der Waals surface area contributed by atoms with E-state index < -0.39 is 0 Å². The predicted molar refractivity (Wildman–Crippen MR) is 111 cm³/mol. The molecule has 1 fully saturated rings. The Labute approximate surface area is 156 Å². The van der Waals surface area contributed by atoms with Gasteiger partial charge < -0.3 is 10.6 Å². The molecule has 2 rings (SSSR count). The van der Waals surface area contributed by atoms with Crippen molar-refractivity contribution >= 4 is 0 Å². The molecule has 0 aliphatic heterocycles. The van der Waals surface area contributed by atoms with Gasteiger partial charge in [0, 0.05) is 6.04 Å². The second-order valence-electron chi connectivity index (χ2n) is 8.02. The van der Waals surface area contributed by atoms with Crippen LogP contribution in [0.3, 0.4) is 0 Å². The van der Waals surface area contributed by atoms with Gasteiger partial charge in [-0.05, 0) is 70.7 Å². The second kappa shape index (κ2) is 11.7. The highest BCUT2D eigenvalue weighted by Gasteiger charge is 2.19. The van der Waals surface area contributed by atoms with E-state index in [1.54, 1.807) is 11.1 Å². The van der Waals surface area contributed by atoms with E-state index in [-0.39, 0.29) is 0 Å². The first-order chi connectivity index (χ1) is 12.2. The lowest BCUT2D eigenvalue weighted by atomic mass is 9.88. The molecule has 2 heteroatoms. The SMILES string of the molecule is CCCCNCC/C(C)=C/C(NC)C1=CC(CC2CCCC2)=CCC1. The molecule has 0 aromatic heterocycles. The van der Waals surface area contributed by atoms with E-state index in [0.29, 0.717) is 6.04 Å². The van der Waals surface area contributed by atoms with Crippen molar-refractivity contribution in [3.05, 3.63) is 34.9 Å². The Morgan fingerprint density at radius 2 is 2.08 bits per heavy atom. The van der Waals surface area contributed by atoms with Gasteiger partial charge in [-0.2, -0.15) is 0 Å². The molecule has 2 nitrogen and oxygen atoms in total. The molecule has 0 spiro atoms. The van der Waals surface area contributed by atoms with E-state index in [1.807, 2.05) is 0 Å². The number of unbranched alkanes of at least 4 members (excludes halogenated alkanes) is 1. The van der Waals surface area contributed by atoms with E-state index >= 15 is 0 Å². The standard InChI is InChI=1S/C23H40N2/c1-4-5-14-25-15-13-19(2)16-23(24-3)22-12-8-11-21(18-22)17-20-9-6-7-10-20/h11,16,18,20,23-25H,4-10,12-15,17H2,1-3H3/b19-16+. The van der Waals surface area contributed by atoms with Gasteiger partial charge in [0.25, 0.3) is 0 Å². The van der Waals surface area contributed by atoms with E-state index in [9.17, 15) is 0 Å². The van der Waals surface area contributed by atoms with E-state index in [1.165, 1.54) is 63.4 Å². The predicted octanol–water partition coefficient (Wildman–Crippen LogP) is 5.53. The molecule has 142 valence electrons. The third-order valence-corrected chi connectivity index (χ3v) is 5.77. The molecule has 0 aromatic carbocycles. The molecular weight excluding hydrogens is 304 g/mol. The topological polar surface area (TPSA) is 24.1 Å². The Hall–Kier alpha value is -0.860. The number of rotatable bonds is 11. The van der Waals surface area contributed by atoms with Crippen molar-refractivity contribution in [2.45, 2.75) is 84.1 Å². The fourth-order valence-corrected chi connectivity index (χ4v) is 4.18. The quantitative estimate of drug-likeness (QED) is 0.380. The van der Waals surface area contributed by atoms with E-state index in [2.05, 4.69) is 49.8 Å². The zero-order valence-corrected chi connectivity index (χ0v) is 16.9. The van der Waals surface area contributed by atoms with Gasteiger partial charge in [-0.25, -0.2) is 0 Å². The summed E-state index contributed by atoms with van der Waals surface area (Å²) in [5, 5.41) is 7.09. The Bertz CT molecular complexity index is 466. The lowest BCUT2D eigenvalue weighted by Gasteiger charge is -2.22. The molecule has 2 aliphatic rings. The molecule has 0 heterocycles. The first-order valence-electron chi connectivity index (χ1n) is 10.7. The molecule has 0 radical (unpaired) electrons. The van der Waals surface area contributed by atoms with Crippen LogP contribution >= 0.6 is 0 Å². The average molecular weight is 345 g/mol. The molecule has 2 aliphatic carbocycles. The normalized spacial score (nSPS) is 20.5. The van der Waals surface area contributed by atoms with E-state index in [0.717, 1.165) is 25.4 Å². The Morgan fingerprint density at radius 1 is 1.28 bits per heavy atom. The van der Waals surface area contributed by atoms with Crippen LogP contribution in [0.25, 0.3) is 0 Å². The van der Waals surface area contributed by atoms with Crippen LogP contribution in [0.5, 0.6) is 0 Å². The highest BCUT2D eigenvalue weighted by atomic mass is 14.9. The monoisotopic (exact) mass is 344 g/mol. The zero-order chi connectivity index (χ0) is 17.9. The summed E-state index contributed by atoms with van der Waals surface area (Å²) in [5.74, 6) is 0.946. The summed E-state index contributed by atoms with van der Waals surface area (Å²) < 4.78 is 0. The maximum Gasteiger partial charge on any atom is 0.0468 e. The first-order valence-corrected chi connectivity index (χ1v) is 10.7. The van der Waals surface area contributed by atoms with Gasteiger partial charge >= 0.3 is 0 Å². The zero-order valence-electron chi connectivity index (χ0n) is 16.9. The van der Waals surface area contributed by atoms with Gasteiger partial charge in [-0.3, -0.25) is 0 Å². The van der Waals surface area contributed by atoms with Crippen molar-refractivity contribution in [2.24, 2.45) is 5.92 Å². The number of hydrogen-bond donors (Lipinski definition) is 2. The van der Waals surface area contributed by atoms with Crippen LogP contribution < -0.4 is 10.6 Å². The highest BCUT2D eigenvalue weighted by molar-refractivity contribution is 5.34. The maximum atomic E-state index is 3.55. The van der Waals surface area contributed by atoms with Gasteiger partial charge in [0.05, 0.1) is 0 Å². The van der Waals surface area contributed by atoms with Gasteiger partial charge in [0.2, 0.25) is 0 Å². The van der Waals surface area contributed by atoms with Crippen molar-refractivity contribution in [3.8, 4) is 0 Å². The van der Waals surface area contributed by atoms with Crippen molar-refractivity contribution in [1.29, 1.82) is 0 Å². The molecule has 2 N–H and O–H groups in total. The summed E-state index contributed by atoms with van der Waals surface area (Å²) in [4.78, 5) is 0. The molecule has 0 amide bonds. The first kappa shape index (κ1) is 20.5. The summed E-state index contributed by atoms with van der Waals surface area (Å²) in [6, 6.07) is 0.405. The van der Waals surface area contributed by atoms with Crippen molar-refractivity contribution in [2.75, 3.05) is 20.1 Å². The summed E-state index contributed by atoms with van der Waals surface area (Å²) in [6.45, 7) is 6.78. The van der Waals surface area contributed by atoms with Crippen molar-refractivity contribution in [3.63, 3.8) is 0 Å². The lowest BCUT2D eigenvalue weighted by Crippen LogP contribution is -2.27. The van der Waals surface area contributed by atoms with Gasteiger partial charge in [-0.1, -0.05) is 68.4 Å². The minimum Gasteiger partial charge on any atom is -0.316 e. The maximum absolute atomic E-state index is 3.55. The average Bonchev–Trinajstić information content (AvgIpc) is 3.12. The molecule has 1 unspecified atom stereocenters. The number of likely N-dealkylation sites (N-methyl/N-ethyl adjacent to an activating group) is 1. The lowest BCUT2D eigenvalue weighted by molar-refractivity contribution is 0.544. The van der Waals surface area contributed by atoms with Gasteiger partial charge in [-0.15, -0.1) is 0 Å². The van der Waals surface area contributed by atoms with Gasteiger partial charge in [0.1, 0.15) is 0 Å². The minimum absolute atomic E-state index is 0.405.